The Labute approximate surface area is 166 Å². The Morgan fingerprint density at radius 1 is 1.04 bits per heavy atom. The van der Waals surface area contributed by atoms with Gasteiger partial charge in [0.1, 0.15) is 0 Å². The lowest BCUT2D eigenvalue weighted by atomic mass is 9.96. The van der Waals surface area contributed by atoms with Gasteiger partial charge in [0.25, 0.3) is 5.91 Å². The second-order valence-corrected chi connectivity index (χ2v) is 7.04. The van der Waals surface area contributed by atoms with Crippen molar-refractivity contribution in [3.8, 4) is 11.1 Å². The Balaban J connectivity index is 1.81. The number of amides is 1. The molecule has 1 atom stereocenters. The molecule has 0 radical (unpaired) electrons. The maximum Gasteiger partial charge on any atom is 0.338 e. The number of methoxy groups -OCH3 is 2. The van der Waals surface area contributed by atoms with Gasteiger partial charge in [-0.05, 0) is 55.0 Å². The molecule has 28 heavy (non-hydrogen) atoms. The minimum atomic E-state index is -0.370. The van der Waals surface area contributed by atoms with Crippen LogP contribution in [-0.2, 0) is 9.47 Å². The molecule has 1 unspecified atom stereocenters. The topological polar surface area (TPSA) is 55.8 Å². The fraction of sp³-hybridized carbons (Fsp3) is 0.391. The van der Waals surface area contributed by atoms with E-state index in [0.29, 0.717) is 17.7 Å². The van der Waals surface area contributed by atoms with Gasteiger partial charge in [0.05, 0.1) is 12.7 Å². The summed E-state index contributed by atoms with van der Waals surface area (Å²) in [7, 11) is 3.07. The van der Waals surface area contributed by atoms with Crippen molar-refractivity contribution in [2.75, 3.05) is 27.4 Å². The summed E-state index contributed by atoms with van der Waals surface area (Å²) in [6.07, 6.45) is 4.09. The summed E-state index contributed by atoms with van der Waals surface area (Å²) >= 11 is 0. The van der Waals surface area contributed by atoms with E-state index in [-0.39, 0.29) is 17.9 Å². The van der Waals surface area contributed by atoms with Crippen LogP contribution in [-0.4, -0.2) is 50.2 Å². The maximum absolute atomic E-state index is 13.1. The van der Waals surface area contributed by atoms with E-state index in [0.717, 1.165) is 43.4 Å². The van der Waals surface area contributed by atoms with Crippen LogP contribution in [0.2, 0.25) is 0 Å². The molecule has 1 aliphatic rings. The van der Waals surface area contributed by atoms with Gasteiger partial charge in [-0.15, -0.1) is 0 Å². The summed E-state index contributed by atoms with van der Waals surface area (Å²) in [5, 5.41) is 0. The zero-order valence-electron chi connectivity index (χ0n) is 16.5. The second-order valence-electron chi connectivity index (χ2n) is 7.04. The largest absolute Gasteiger partial charge is 0.465 e. The number of hydrogen-bond donors (Lipinski definition) is 0. The monoisotopic (exact) mass is 381 g/mol. The van der Waals surface area contributed by atoms with Crippen molar-refractivity contribution in [3.05, 3.63) is 59.7 Å². The third-order valence-electron chi connectivity index (χ3n) is 5.32. The summed E-state index contributed by atoms with van der Waals surface area (Å²) in [6.45, 7) is 1.46. The van der Waals surface area contributed by atoms with Gasteiger partial charge in [0.2, 0.25) is 0 Å². The lowest BCUT2D eigenvalue weighted by molar-refractivity contribution is 0.0551. The highest BCUT2D eigenvalue weighted by Crippen LogP contribution is 2.26. The summed E-state index contributed by atoms with van der Waals surface area (Å²) in [5.41, 5.74) is 2.86. The molecule has 2 aromatic rings. The zero-order chi connectivity index (χ0) is 19.9. The van der Waals surface area contributed by atoms with Gasteiger partial charge in [-0.3, -0.25) is 4.79 Å². The van der Waals surface area contributed by atoms with Crippen LogP contribution >= 0.6 is 0 Å². The van der Waals surface area contributed by atoms with Crippen LogP contribution in [0.1, 0.15) is 46.4 Å². The fourth-order valence-electron chi connectivity index (χ4n) is 3.80. The van der Waals surface area contributed by atoms with Crippen molar-refractivity contribution in [1.29, 1.82) is 0 Å². The van der Waals surface area contributed by atoms with E-state index in [1.807, 2.05) is 47.4 Å². The third-order valence-corrected chi connectivity index (χ3v) is 5.32. The fourth-order valence-corrected chi connectivity index (χ4v) is 3.80. The van der Waals surface area contributed by atoms with Gasteiger partial charge >= 0.3 is 5.97 Å². The SMILES string of the molecule is COCCC1CCCCN1C(=O)c1ccc(-c2ccccc2C(=O)OC)cc1. The molecule has 0 bridgehead atoms. The number of piperidine rings is 1. The predicted octanol–water partition coefficient (Wildman–Crippen LogP) is 4.17. The first-order chi connectivity index (χ1) is 13.7. The molecular formula is C23H27NO4. The molecular weight excluding hydrogens is 354 g/mol. The number of likely N-dealkylation sites (tertiary alicyclic amines) is 1. The second kappa shape index (κ2) is 9.51. The van der Waals surface area contributed by atoms with E-state index < -0.39 is 0 Å². The highest BCUT2D eigenvalue weighted by molar-refractivity contribution is 5.98. The molecule has 1 amide bonds. The van der Waals surface area contributed by atoms with E-state index in [1.165, 1.54) is 7.11 Å². The first kappa shape index (κ1) is 20.1. The average Bonchev–Trinajstić information content (AvgIpc) is 2.77. The minimum Gasteiger partial charge on any atom is -0.465 e. The number of rotatable bonds is 6. The highest BCUT2D eigenvalue weighted by Gasteiger charge is 2.27. The van der Waals surface area contributed by atoms with E-state index in [9.17, 15) is 9.59 Å². The number of carbonyl (C=O) groups excluding carboxylic acids is 2. The van der Waals surface area contributed by atoms with Crippen LogP contribution < -0.4 is 0 Å². The summed E-state index contributed by atoms with van der Waals surface area (Å²) in [4.78, 5) is 27.1. The van der Waals surface area contributed by atoms with Crippen LogP contribution in [0.15, 0.2) is 48.5 Å². The summed E-state index contributed by atoms with van der Waals surface area (Å²) in [5.74, 6) is -0.307. The van der Waals surface area contributed by atoms with Crippen molar-refractivity contribution in [3.63, 3.8) is 0 Å². The first-order valence-corrected chi connectivity index (χ1v) is 9.73. The zero-order valence-corrected chi connectivity index (χ0v) is 16.5. The molecule has 0 saturated carbocycles. The Kier molecular flexibility index (Phi) is 6.82. The maximum atomic E-state index is 13.1. The molecule has 0 spiro atoms. The molecule has 0 aliphatic carbocycles. The van der Waals surface area contributed by atoms with Crippen molar-refractivity contribution in [1.82, 2.24) is 4.90 Å². The third kappa shape index (κ3) is 4.42. The molecule has 1 heterocycles. The molecule has 1 fully saturated rings. The van der Waals surface area contributed by atoms with E-state index in [1.54, 1.807) is 13.2 Å². The quantitative estimate of drug-likeness (QED) is 0.705. The predicted molar refractivity (Wildman–Crippen MR) is 108 cm³/mol. The van der Waals surface area contributed by atoms with E-state index in [2.05, 4.69) is 0 Å². The highest BCUT2D eigenvalue weighted by atomic mass is 16.5. The van der Waals surface area contributed by atoms with Crippen molar-refractivity contribution < 1.29 is 19.1 Å². The molecule has 3 rings (SSSR count). The Morgan fingerprint density at radius 3 is 2.50 bits per heavy atom. The lowest BCUT2D eigenvalue weighted by Gasteiger charge is -2.36. The molecule has 1 saturated heterocycles. The van der Waals surface area contributed by atoms with Crippen molar-refractivity contribution in [2.45, 2.75) is 31.7 Å². The Hall–Kier alpha value is -2.66. The minimum absolute atomic E-state index is 0.0635. The molecule has 2 aromatic carbocycles. The van der Waals surface area contributed by atoms with Crippen molar-refractivity contribution in [2.24, 2.45) is 0 Å². The number of benzene rings is 2. The van der Waals surface area contributed by atoms with E-state index >= 15 is 0 Å². The summed E-state index contributed by atoms with van der Waals surface area (Å²) in [6, 6.07) is 15.0. The number of esters is 1. The lowest BCUT2D eigenvalue weighted by Crippen LogP contribution is -2.44. The standard InChI is InChI=1S/C23H27NO4/c1-27-16-14-19-7-5-6-15-24(19)22(25)18-12-10-17(11-13-18)20-8-3-4-9-21(20)23(26)28-2/h3-4,8-13,19H,5-7,14-16H2,1-2H3. The van der Waals surface area contributed by atoms with Crippen LogP contribution in [0.4, 0.5) is 0 Å². The normalized spacial score (nSPS) is 16.6. The van der Waals surface area contributed by atoms with Crippen LogP contribution in [0.3, 0.4) is 0 Å². The van der Waals surface area contributed by atoms with Gasteiger partial charge in [-0.2, -0.15) is 0 Å². The first-order valence-electron chi connectivity index (χ1n) is 9.73. The van der Waals surface area contributed by atoms with Gasteiger partial charge in [0.15, 0.2) is 0 Å². The molecule has 1 aliphatic heterocycles. The van der Waals surface area contributed by atoms with Crippen molar-refractivity contribution >= 4 is 11.9 Å². The number of ether oxygens (including phenoxy) is 2. The average molecular weight is 381 g/mol. The molecule has 5 heteroatoms. The Morgan fingerprint density at radius 2 is 1.79 bits per heavy atom. The van der Waals surface area contributed by atoms with Gasteiger partial charge in [-0.1, -0.05) is 30.3 Å². The van der Waals surface area contributed by atoms with Gasteiger partial charge < -0.3 is 14.4 Å². The molecule has 0 aromatic heterocycles. The van der Waals surface area contributed by atoms with Crippen LogP contribution in [0.25, 0.3) is 11.1 Å². The molecule has 0 N–H and O–H groups in total. The van der Waals surface area contributed by atoms with Crippen LogP contribution in [0, 0.1) is 0 Å². The molecule has 148 valence electrons. The van der Waals surface area contributed by atoms with E-state index in [4.69, 9.17) is 9.47 Å². The number of nitrogens with zero attached hydrogens (tertiary/aromatic N) is 1. The Bertz CT molecular complexity index is 816. The number of carbonyl (C=O) groups is 2. The summed E-state index contributed by atoms with van der Waals surface area (Å²) < 4.78 is 10.1. The van der Waals surface area contributed by atoms with Gasteiger partial charge in [0, 0.05) is 31.9 Å². The smallest absolute Gasteiger partial charge is 0.338 e. The van der Waals surface area contributed by atoms with Crippen LogP contribution in [0.5, 0.6) is 0 Å². The van der Waals surface area contributed by atoms with Gasteiger partial charge in [-0.25, -0.2) is 4.79 Å². The molecule has 5 nitrogen and oxygen atoms in total. The number of hydrogen-bond acceptors (Lipinski definition) is 4.